The van der Waals surface area contributed by atoms with E-state index in [1.807, 2.05) is 91.9 Å². The van der Waals surface area contributed by atoms with Gasteiger partial charge in [0.1, 0.15) is 11.5 Å². The number of carbonyl (C=O) groups excluding carboxylic acids is 1. The van der Waals surface area contributed by atoms with Gasteiger partial charge in [-0.2, -0.15) is 0 Å². The molecule has 4 nitrogen and oxygen atoms in total. The zero-order valence-electron chi connectivity index (χ0n) is 19.9. The third-order valence-electron chi connectivity index (χ3n) is 8.18. The number of aromatic hydroxyl groups is 2. The van der Waals surface area contributed by atoms with Crippen molar-refractivity contribution in [1.29, 1.82) is 0 Å². The number of hydrogen-bond acceptors (Lipinski definition) is 4. The summed E-state index contributed by atoms with van der Waals surface area (Å²) >= 11 is 0. The third kappa shape index (κ3) is 2.27. The number of phenols is 2. The van der Waals surface area contributed by atoms with Crippen molar-refractivity contribution in [3.8, 4) is 22.6 Å². The molecule has 1 atom stereocenters. The predicted octanol–water partition coefficient (Wildman–Crippen LogP) is 7.31. The number of phenolic OH excluding ortho intramolecular Hbond substituents is 2. The van der Waals surface area contributed by atoms with Crippen molar-refractivity contribution >= 4 is 38.3 Å². The molecule has 6 aromatic rings. The fraction of sp³-hybridized carbons (Fsp3) is 0.0606. The fourth-order valence-corrected chi connectivity index (χ4v) is 6.68. The average Bonchev–Trinajstić information content (AvgIpc) is 3.21. The summed E-state index contributed by atoms with van der Waals surface area (Å²) in [6.07, 6.45) is 0. The molecule has 0 fully saturated rings. The highest BCUT2D eigenvalue weighted by atomic mass is 16.6. The molecule has 1 heterocycles. The summed E-state index contributed by atoms with van der Waals surface area (Å²) in [7, 11) is 0. The van der Waals surface area contributed by atoms with Gasteiger partial charge >= 0.3 is 5.97 Å². The Balaban J connectivity index is 1.69. The van der Waals surface area contributed by atoms with Gasteiger partial charge in [0, 0.05) is 27.3 Å². The molecule has 0 saturated carbocycles. The van der Waals surface area contributed by atoms with E-state index in [-0.39, 0.29) is 11.5 Å². The van der Waals surface area contributed by atoms with E-state index in [0.29, 0.717) is 27.5 Å². The zero-order valence-corrected chi connectivity index (χ0v) is 19.9. The molecule has 2 N–H and O–H groups in total. The summed E-state index contributed by atoms with van der Waals surface area (Å²) in [6, 6.07) is 28.9. The first-order chi connectivity index (χ1) is 18.0. The monoisotopic (exact) mass is 480 g/mol. The van der Waals surface area contributed by atoms with Crippen molar-refractivity contribution in [3.63, 3.8) is 0 Å². The van der Waals surface area contributed by atoms with Gasteiger partial charge in [0.25, 0.3) is 0 Å². The highest BCUT2D eigenvalue weighted by molar-refractivity contribution is 6.14. The van der Waals surface area contributed by atoms with Gasteiger partial charge in [-0.1, -0.05) is 78.9 Å². The minimum Gasteiger partial charge on any atom is -0.507 e. The summed E-state index contributed by atoms with van der Waals surface area (Å²) in [6.45, 7) is 1.88. The van der Waals surface area contributed by atoms with Crippen LogP contribution in [-0.2, 0) is 10.3 Å². The molecule has 1 spiro atoms. The molecule has 6 aromatic carbocycles. The van der Waals surface area contributed by atoms with Crippen molar-refractivity contribution in [1.82, 2.24) is 0 Å². The number of esters is 1. The minimum atomic E-state index is -1.39. The van der Waals surface area contributed by atoms with E-state index in [2.05, 4.69) is 0 Å². The van der Waals surface area contributed by atoms with Gasteiger partial charge in [0.2, 0.25) is 0 Å². The van der Waals surface area contributed by atoms with Crippen LogP contribution in [0, 0.1) is 6.92 Å². The smallest absolute Gasteiger partial charge is 0.340 e. The van der Waals surface area contributed by atoms with Gasteiger partial charge in [0.05, 0.1) is 11.1 Å². The standard InChI is InChI=1S/C33H20O4/c1-17-26-24-16-19-8-2-3-11-20(19)31(35)29(24)33(28(26)21-12-4-5-13-22(21)30(17)34)25-15-7-10-18-9-6-14-23(27(18)25)32(36)37-33/h2-16,34-35H,1H3. The molecule has 0 amide bonds. The largest absolute Gasteiger partial charge is 0.507 e. The van der Waals surface area contributed by atoms with Crippen LogP contribution in [0.2, 0.25) is 0 Å². The summed E-state index contributed by atoms with van der Waals surface area (Å²) in [5, 5.41) is 28.0. The Morgan fingerprint density at radius 2 is 1.35 bits per heavy atom. The van der Waals surface area contributed by atoms with Gasteiger partial charge in [-0.25, -0.2) is 4.79 Å². The maximum Gasteiger partial charge on any atom is 0.340 e. The summed E-state index contributed by atoms with van der Waals surface area (Å²) in [4.78, 5) is 13.8. The lowest BCUT2D eigenvalue weighted by Crippen LogP contribution is -2.37. The van der Waals surface area contributed by atoms with Crippen molar-refractivity contribution in [3.05, 3.63) is 119 Å². The van der Waals surface area contributed by atoms with Crippen LogP contribution >= 0.6 is 0 Å². The van der Waals surface area contributed by atoms with Crippen LogP contribution in [0.15, 0.2) is 91.0 Å². The molecule has 2 aliphatic rings. The van der Waals surface area contributed by atoms with E-state index in [1.54, 1.807) is 6.07 Å². The minimum absolute atomic E-state index is 0.0801. The van der Waals surface area contributed by atoms with Gasteiger partial charge in [-0.3, -0.25) is 0 Å². The molecular formula is C33H20O4. The van der Waals surface area contributed by atoms with Crippen LogP contribution in [0.5, 0.6) is 11.5 Å². The molecule has 176 valence electrons. The molecule has 8 rings (SSSR count). The van der Waals surface area contributed by atoms with Gasteiger partial charge < -0.3 is 14.9 Å². The van der Waals surface area contributed by atoms with E-state index < -0.39 is 11.6 Å². The highest BCUT2D eigenvalue weighted by Gasteiger charge is 2.55. The molecule has 0 radical (unpaired) electrons. The van der Waals surface area contributed by atoms with Crippen LogP contribution in [-0.4, -0.2) is 16.2 Å². The Kier molecular flexibility index (Phi) is 3.68. The Labute approximate surface area is 212 Å². The van der Waals surface area contributed by atoms with Crippen molar-refractivity contribution in [2.24, 2.45) is 0 Å². The second-order valence-corrected chi connectivity index (χ2v) is 9.92. The lowest BCUT2D eigenvalue weighted by molar-refractivity contribution is 0.0139. The number of hydrogen-bond donors (Lipinski definition) is 2. The third-order valence-corrected chi connectivity index (χ3v) is 8.18. The molecule has 0 bridgehead atoms. The number of rotatable bonds is 0. The van der Waals surface area contributed by atoms with Crippen molar-refractivity contribution < 1.29 is 19.7 Å². The second-order valence-electron chi connectivity index (χ2n) is 9.92. The maximum absolute atomic E-state index is 13.8. The summed E-state index contributed by atoms with van der Waals surface area (Å²) in [5.74, 6) is -0.173. The van der Waals surface area contributed by atoms with E-state index in [4.69, 9.17) is 4.74 Å². The van der Waals surface area contributed by atoms with Crippen LogP contribution in [0.1, 0.15) is 32.6 Å². The van der Waals surface area contributed by atoms with Crippen LogP contribution in [0.3, 0.4) is 0 Å². The average molecular weight is 481 g/mol. The first kappa shape index (κ1) is 20.4. The van der Waals surface area contributed by atoms with E-state index >= 15 is 0 Å². The fourth-order valence-electron chi connectivity index (χ4n) is 6.68. The van der Waals surface area contributed by atoms with Crippen LogP contribution < -0.4 is 0 Å². The number of fused-ring (bicyclic) bond motifs is 9. The summed E-state index contributed by atoms with van der Waals surface area (Å²) < 4.78 is 6.56. The molecular weight excluding hydrogens is 460 g/mol. The molecule has 37 heavy (non-hydrogen) atoms. The van der Waals surface area contributed by atoms with Crippen LogP contribution in [0.25, 0.3) is 43.4 Å². The van der Waals surface area contributed by atoms with Crippen molar-refractivity contribution in [2.45, 2.75) is 12.5 Å². The lowest BCUT2D eigenvalue weighted by atomic mass is 9.76. The molecule has 1 unspecified atom stereocenters. The van der Waals surface area contributed by atoms with E-state index in [1.165, 1.54) is 0 Å². The molecule has 1 aliphatic heterocycles. The maximum atomic E-state index is 13.8. The van der Waals surface area contributed by atoms with Gasteiger partial charge in [0.15, 0.2) is 5.60 Å². The first-order valence-corrected chi connectivity index (χ1v) is 12.3. The van der Waals surface area contributed by atoms with Crippen LogP contribution in [0.4, 0.5) is 0 Å². The Morgan fingerprint density at radius 1 is 0.676 bits per heavy atom. The second kappa shape index (κ2) is 6.68. The van der Waals surface area contributed by atoms with E-state index in [0.717, 1.165) is 43.8 Å². The topological polar surface area (TPSA) is 66.8 Å². The van der Waals surface area contributed by atoms with E-state index in [9.17, 15) is 15.0 Å². The molecule has 0 aromatic heterocycles. The molecule has 0 saturated heterocycles. The lowest BCUT2D eigenvalue weighted by Gasteiger charge is -2.38. The Hall–Kier alpha value is -4.83. The molecule has 4 heteroatoms. The normalized spacial score (nSPS) is 17.4. The van der Waals surface area contributed by atoms with Gasteiger partial charge in [-0.15, -0.1) is 0 Å². The number of benzene rings is 6. The Bertz CT molecular complexity index is 2010. The zero-order chi connectivity index (χ0) is 25.1. The van der Waals surface area contributed by atoms with Gasteiger partial charge in [-0.05, 0) is 51.9 Å². The first-order valence-electron chi connectivity index (χ1n) is 12.3. The van der Waals surface area contributed by atoms with Crippen molar-refractivity contribution in [2.75, 3.05) is 0 Å². The predicted molar refractivity (Wildman–Crippen MR) is 144 cm³/mol. The SMILES string of the molecule is Cc1c2c(c3ccccc3c1O)C1(OC(=O)c3cccc4cccc1c34)c1c-2cc2ccccc2c1O. The highest BCUT2D eigenvalue weighted by Crippen LogP contribution is 2.63. The summed E-state index contributed by atoms with van der Waals surface area (Å²) in [5.41, 5.74) is 3.47. The number of ether oxygens (including phenoxy) is 1. The number of carbonyl (C=O) groups is 1. The quantitative estimate of drug-likeness (QED) is 0.224. The molecule has 1 aliphatic carbocycles. The Morgan fingerprint density at radius 3 is 2.16 bits per heavy atom.